The standard InChI is InChI=1S/C20H22N2O3/c1-13(2)15-6-4-5-7-16(15)21-19(23)11-22-12-20(24)25-18-10-14(3)8-9-17(18)22/h4-10,13H,11-12H2,1-3H3,(H,21,23). The van der Waals surface area contributed by atoms with E-state index in [2.05, 4.69) is 19.2 Å². The van der Waals surface area contributed by atoms with E-state index in [1.165, 1.54) is 0 Å². The van der Waals surface area contributed by atoms with Crippen LogP contribution >= 0.6 is 0 Å². The van der Waals surface area contributed by atoms with Crippen LogP contribution in [0.1, 0.15) is 30.9 Å². The number of amides is 1. The van der Waals surface area contributed by atoms with Crippen molar-refractivity contribution in [2.75, 3.05) is 23.3 Å². The quantitative estimate of drug-likeness (QED) is 0.685. The molecule has 0 radical (unpaired) electrons. The maximum absolute atomic E-state index is 12.5. The zero-order chi connectivity index (χ0) is 18.0. The summed E-state index contributed by atoms with van der Waals surface area (Å²) in [7, 11) is 0. The van der Waals surface area contributed by atoms with Gasteiger partial charge in [-0.05, 0) is 42.2 Å². The highest BCUT2D eigenvalue weighted by molar-refractivity contribution is 5.97. The molecule has 1 N–H and O–H groups in total. The molecule has 1 heterocycles. The fourth-order valence-corrected chi connectivity index (χ4v) is 2.98. The molecule has 0 atom stereocenters. The van der Waals surface area contributed by atoms with Crippen LogP contribution in [-0.2, 0) is 9.59 Å². The number of ether oxygens (including phenoxy) is 1. The third kappa shape index (κ3) is 3.82. The monoisotopic (exact) mass is 338 g/mol. The van der Waals surface area contributed by atoms with Gasteiger partial charge >= 0.3 is 5.97 Å². The number of para-hydroxylation sites is 1. The number of rotatable bonds is 4. The minimum atomic E-state index is -0.353. The van der Waals surface area contributed by atoms with Gasteiger partial charge in [0.25, 0.3) is 0 Å². The first kappa shape index (κ1) is 17.0. The van der Waals surface area contributed by atoms with E-state index in [1.54, 1.807) is 4.90 Å². The summed E-state index contributed by atoms with van der Waals surface area (Å²) in [6.07, 6.45) is 0. The molecule has 1 aliphatic rings. The van der Waals surface area contributed by atoms with Gasteiger partial charge in [0, 0.05) is 5.69 Å². The molecule has 0 bridgehead atoms. The van der Waals surface area contributed by atoms with Crippen LogP contribution in [0.5, 0.6) is 5.75 Å². The Hall–Kier alpha value is -2.82. The molecule has 2 aromatic rings. The van der Waals surface area contributed by atoms with Crippen LogP contribution in [0.2, 0.25) is 0 Å². The zero-order valence-electron chi connectivity index (χ0n) is 14.7. The van der Waals surface area contributed by atoms with Crippen molar-refractivity contribution < 1.29 is 14.3 Å². The number of benzene rings is 2. The first-order chi connectivity index (χ1) is 11.9. The number of hydrogen-bond donors (Lipinski definition) is 1. The second-order valence-electron chi connectivity index (χ2n) is 6.59. The van der Waals surface area contributed by atoms with Gasteiger partial charge in [-0.3, -0.25) is 4.79 Å². The van der Waals surface area contributed by atoms with Gasteiger partial charge in [0.15, 0.2) is 5.75 Å². The van der Waals surface area contributed by atoms with Crippen LogP contribution in [0, 0.1) is 6.92 Å². The number of aryl methyl sites for hydroxylation is 1. The van der Waals surface area contributed by atoms with Crippen LogP contribution in [0.3, 0.4) is 0 Å². The number of esters is 1. The molecule has 0 aromatic heterocycles. The summed E-state index contributed by atoms with van der Waals surface area (Å²) in [5.74, 6) is 0.305. The van der Waals surface area contributed by atoms with E-state index in [1.807, 2.05) is 49.4 Å². The predicted octanol–water partition coefficient (Wildman–Crippen LogP) is 3.48. The minimum Gasteiger partial charge on any atom is -0.423 e. The lowest BCUT2D eigenvalue weighted by molar-refractivity contribution is -0.133. The van der Waals surface area contributed by atoms with Crippen LogP contribution in [0.15, 0.2) is 42.5 Å². The van der Waals surface area contributed by atoms with Crippen LogP contribution in [0.25, 0.3) is 0 Å². The highest BCUT2D eigenvalue weighted by Crippen LogP contribution is 2.32. The fourth-order valence-electron chi connectivity index (χ4n) is 2.98. The van der Waals surface area contributed by atoms with E-state index in [4.69, 9.17) is 4.74 Å². The van der Waals surface area contributed by atoms with Crippen molar-refractivity contribution in [2.24, 2.45) is 0 Å². The van der Waals surface area contributed by atoms with Crippen molar-refractivity contribution in [3.63, 3.8) is 0 Å². The summed E-state index contributed by atoms with van der Waals surface area (Å²) in [5, 5.41) is 2.96. The molecule has 5 nitrogen and oxygen atoms in total. The van der Waals surface area contributed by atoms with E-state index in [9.17, 15) is 9.59 Å². The Labute approximate surface area is 147 Å². The van der Waals surface area contributed by atoms with Gasteiger partial charge in [-0.2, -0.15) is 0 Å². The molecule has 130 valence electrons. The molecule has 0 fully saturated rings. The zero-order valence-corrected chi connectivity index (χ0v) is 14.7. The Bertz CT molecular complexity index is 814. The smallest absolute Gasteiger partial charge is 0.331 e. The molecular formula is C20H22N2O3. The maximum Gasteiger partial charge on any atom is 0.331 e. The molecule has 0 saturated heterocycles. The molecule has 2 aromatic carbocycles. The molecule has 3 rings (SSSR count). The Balaban J connectivity index is 1.77. The van der Waals surface area contributed by atoms with Crippen molar-refractivity contribution in [1.29, 1.82) is 0 Å². The van der Waals surface area contributed by atoms with Gasteiger partial charge in [-0.15, -0.1) is 0 Å². The molecule has 0 unspecified atom stereocenters. The first-order valence-corrected chi connectivity index (χ1v) is 8.39. The minimum absolute atomic E-state index is 0.0648. The number of anilines is 2. The van der Waals surface area contributed by atoms with Crippen molar-refractivity contribution in [2.45, 2.75) is 26.7 Å². The van der Waals surface area contributed by atoms with Gasteiger partial charge in [0.1, 0.15) is 6.54 Å². The Morgan fingerprint density at radius 3 is 2.76 bits per heavy atom. The number of carbonyl (C=O) groups is 2. The average Bonchev–Trinajstić information content (AvgIpc) is 2.54. The number of nitrogens with zero attached hydrogens (tertiary/aromatic N) is 1. The van der Waals surface area contributed by atoms with Crippen molar-refractivity contribution in [3.8, 4) is 5.75 Å². The highest BCUT2D eigenvalue weighted by Gasteiger charge is 2.25. The summed E-state index contributed by atoms with van der Waals surface area (Å²) in [6, 6.07) is 13.4. The Morgan fingerprint density at radius 1 is 1.24 bits per heavy atom. The molecule has 1 aliphatic heterocycles. The van der Waals surface area contributed by atoms with E-state index in [0.717, 1.165) is 22.5 Å². The molecular weight excluding hydrogens is 316 g/mol. The van der Waals surface area contributed by atoms with Gasteiger partial charge in [0.2, 0.25) is 5.91 Å². The largest absolute Gasteiger partial charge is 0.423 e. The number of carbonyl (C=O) groups excluding carboxylic acids is 2. The second kappa shape index (κ2) is 6.97. The van der Waals surface area contributed by atoms with Crippen molar-refractivity contribution in [1.82, 2.24) is 0 Å². The van der Waals surface area contributed by atoms with E-state index in [-0.39, 0.29) is 25.0 Å². The highest BCUT2D eigenvalue weighted by atomic mass is 16.5. The normalized spacial score (nSPS) is 13.4. The molecule has 25 heavy (non-hydrogen) atoms. The molecule has 0 saturated carbocycles. The Morgan fingerprint density at radius 2 is 2.00 bits per heavy atom. The number of hydrogen-bond acceptors (Lipinski definition) is 4. The molecule has 0 spiro atoms. The van der Waals surface area contributed by atoms with Crippen LogP contribution in [-0.4, -0.2) is 25.0 Å². The lowest BCUT2D eigenvalue weighted by Crippen LogP contribution is -2.41. The van der Waals surface area contributed by atoms with E-state index < -0.39 is 0 Å². The Kier molecular flexibility index (Phi) is 4.74. The van der Waals surface area contributed by atoms with Gasteiger partial charge in [0.05, 0.1) is 12.2 Å². The second-order valence-corrected chi connectivity index (χ2v) is 6.59. The van der Waals surface area contributed by atoms with Gasteiger partial charge in [-0.25, -0.2) is 4.79 Å². The third-order valence-electron chi connectivity index (χ3n) is 4.19. The third-order valence-corrected chi connectivity index (χ3v) is 4.19. The van der Waals surface area contributed by atoms with Crippen LogP contribution in [0.4, 0.5) is 11.4 Å². The lowest BCUT2D eigenvalue weighted by Gasteiger charge is -2.29. The number of nitrogens with one attached hydrogen (secondary N) is 1. The van der Waals surface area contributed by atoms with E-state index in [0.29, 0.717) is 11.7 Å². The summed E-state index contributed by atoms with van der Waals surface area (Å²) in [6.45, 7) is 6.27. The molecule has 0 aliphatic carbocycles. The van der Waals surface area contributed by atoms with Gasteiger partial charge < -0.3 is 15.0 Å². The molecule has 1 amide bonds. The number of fused-ring (bicyclic) bond motifs is 1. The summed E-state index contributed by atoms with van der Waals surface area (Å²) in [5.41, 5.74) is 3.66. The lowest BCUT2D eigenvalue weighted by atomic mass is 10.0. The van der Waals surface area contributed by atoms with E-state index >= 15 is 0 Å². The molecule has 5 heteroatoms. The summed E-state index contributed by atoms with van der Waals surface area (Å²) < 4.78 is 5.28. The topological polar surface area (TPSA) is 58.6 Å². The van der Waals surface area contributed by atoms with Crippen molar-refractivity contribution >= 4 is 23.3 Å². The summed E-state index contributed by atoms with van der Waals surface area (Å²) >= 11 is 0. The SMILES string of the molecule is Cc1ccc2c(c1)OC(=O)CN2CC(=O)Nc1ccccc1C(C)C. The fraction of sp³-hybridized carbons (Fsp3) is 0.300. The summed E-state index contributed by atoms with van der Waals surface area (Å²) in [4.78, 5) is 26.1. The van der Waals surface area contributed by atoms with Crippen molar-refractivity contribution in [3.05, 3.63) is 53.6 Å². The predicted molar refractivity (Wildman–Crippen MR) is 98.2 cm³/mol. The maximum atomic E-state index is 12.5. The average molecular weight is 338 g/mol. The first-order valence-electron chi connectivity index (χ1n) is 8.39. The van der Waals surface area contributed by atoms with Crippen LogP contribution < -0.4 is 15.0 Å². The van der Waals surface area contributed by atoms with Gasteiger partial charge in [-0.1, -0.05) is 38.1 Å².